The monoisotopic (exact) mass is 481 g/mol. The number of aromatic nitrogens is 1. The van der Waals surface area contributed by atoms with E-state index in [4.69, 9.17) is 4.98 Å². The van der Waals surface area contributed by atoms with Crippen molar-refractivity contribution in [1.82, 2.24) is 15.2 Å². The molecule has 1 aromatic carbocycles. The molecule has 0 saturated carbocycles. The number of pyridine rings is 1. The first-order valence-electron chi connectivity index (χ1n) is 12.5. The number of nitrogens with zero attached hydrogens (tertiary/aromatic N) is 4. The summed E-state index contributed by atoms with van der Waals surface area (Å²) in [6.07, 6.45) is 13.2. The van der Waals surface area contributed by atoms with E-state index in [2.05, 4.69) is 27.3 Å². The molecular formula is C29H31N5O2. The minimum Gasteiger partial charge on any atom is -0.314 e. The van der Waals surface area contributed by atoms with Gasteiger partial charge in [0.05, 0.1) is 18.3 Å². The molecule has 5 rings (SSSR count). The molecule has 7 heteroatoms. The molecule has 1 aliphatic carbocycles. The highest BCUT2D eigenvalue weighted by atomic mass is 16.2. The zero-order valence-corrected chi connectivity index (χ0v) is 20.5. The van der Waals surface area contributed by atoms with Crippen molar-refractivity contribution in [2.24, 2.45) is 16.8 Å². The molecule has 1 aromatic heterocycles. The van der Waals surface area contributed by atoms with Crippen LogP contribution in [0.15, 0.2) is 84.0 Å². The lowest BCUT2D eigenvalue weighted by Gasteiger charge is -2.37. The fourth-order valence-corrected chi connectivity index (χ4v) is 5.11. The third-order valence-corrected chi connectivity index (χ3v) is 6.90. The molecule has 1 N–H and O–H groups in total. The maximum Gasteiger partial charge on any atom is 0.229 e. The predicted molar refractivity (Wildman–Crippen MR) is 142 cm³/mol. The number of benzene rings is 1. The van der Waals surface area contributed by atoms with Gasteiger partial charge in [0.25, 0.3) is 0 Å². The van der Waals surface area contributed by atoms with Gasteiger partial charge >= 0.3 is 0 Å². The minimum absolute atomic E-state index is 0.206. The van der Waals surface area contributed by atoms with Crippen LogP contribution < -0.4 is 10.2 Å². The van der Waals surface area contributed by atoms with Gasteiger partial charge in [-0.15, -0.1) is 0 Å². The Kier molecular flexibility index (Phi) is 7.30. The van der Waals surface area contributed by atoms with Crippen LogP contribution in [0.3, 0.4) is 0 Å². The summed E-state index contributed by atoms with van der Waals surface area (Å²) in [4.78, 5) is 40.1. The summed E-state index contributed by atoms with van der Waals surface area (Å²) in [5, 5.41) is 3.40. The lowest BCUT2D eigenvalue weighted by atomic mass is 9.78. The average Bonchev–Trinajstić information content (AvgIpc) is 2.93. The number of carbonyl (C=O) groups is 2. The molecule has 0 spiro atoms. The molecule has 3 aliphatic rings. The number of anilines is 1. The largest absolute Gasteiger partial charge is 0.314 e. The van der Waals surface area contributed by atoms with E-state index in [9.17, 15) is 9.59 Å². The first kappa shape index (κ1) is 24.0. The van der Waals surface area contributed by atoms with Crippen molar-refractivity contribution < 1.29 is 9.59 Å². The van der Waals surface area contributed by atoms with Crippen LogP contribution in [0, 0.1) is 18.8 Å². The van der Waals surface area contributed by atoms with Crippen molar-refractivity contribution in [2.75, 3.05) is 31.1 Å². The Balaban J connectivity index is 1.41. The standard InChI is InChI=1S/C29H31N5O2/c1-21-17-22(19-33-15-13-30-14-16-33)18-27(32-21)34-20-31-12-11-26(34)24-9-5-6-10-25(24)29(36)28(35)23-7-3-2-4-8-23/h2-12,17-18,20,24-26,30H,13-16,19H2,1H3. The number of piperazine rings is 1. The Hall–Kier alpha value is -3.68. The first-order chi connectivity index (χ1) is 17.6. The van der Waals surface area contributed by atoms with E-state index >= 15 is 0 Å². The van der Waals surface area contributed by atoms with Crippen molar-refractivity contribution in [3.05, 3.63) is 95.9 Å². The van der Waals surface area contributed by atoms with Gasteiger partial charge in [-0.25, -0.2) is 9.98 Å². The molecule has 36 heavy (non-hydrogen) atoms. The van der Waals surface area contributed by atoms with E-state index in [1.807, 2.05) is 48.3 Å². The number of aliphatic imine (C=N–C) groups is 1. The molecule has 184 valence electrons. The third-order valence-electron chi connectivity index (χ3n) is 6.90. The third kappa shape index (κ3) is 5.27. The van der Waals surface area contributed by atoms with Crippen molar-refractivity contribution in [3.63, 3.8) is 0 Å². The van der Waals surface area contributed by atoms with Crippen LogP contribution in [0.5, 0.6) is 0 Å². The molecule has 1 fully saturated rings. The van der Waals surface area contributed by atoms with Gasteiger partial charge in [0, 0.05) is 56.1 Å². The minimum atomic E-state index is -0.573. The van der Waals surface area contributed by atoms with Gasteiger partial charge in [-0.2, -0.15) is 0 Å². The number of carbonyl (C=O) groups excluding carboxylic acids is 2. The Labute approximate surface area is 211 Å². The van der Waals surface area contributed by atoms with Crippen LogP contribution in [0.2, 0.25) is 0 Å². The molecule has 7 nitrogen and oxygen atoms in total. The maximum atomic E-state index is 13.4. The van der Waals surface area contributed by atoms with Crippen LogP contribution in [0.1, 0.15) is 21.6 Å². The van der Waals surface area contributed by atoms with Crippen molar-refractivity contribution in [1.29, 1.82) is 0 Å². The number of aryl methyl sites for hydroxylation is 1. The summed E-state index contributed by atoms with van der Waals surface area (Å²) in [5.41, 5.74) is 2.55. The van der Waals surface area contributed by atoms with Gasteiger partial charge in [0.15, 0.2) is 0 Å². The SMILES string of the molecule is Cc1cc(CN2CCNCC2)cc(N2C=NC=CC2C2C=CC=CC2C(=O)C(=O)c2ccccc2)n1. The Morgan fingerprint density at radius 2 is 1.81 bits per heavy atom. The molecule has 2 aromatic rings. The van der Waals surface area contributed by atoms with Gasteiger partial charge in [-0.05, 0) is 30.7 Å². The molecule has 0 radical (unpaired) electrons. The van der Waals surface area contributed by atoms with Gasteiger partial charge in [0.2, 0.25) is 11.6 Å². The maximum absolute atomic E-state index is 13.4. The van der Waals surface area contributed by atoms with Gasteiger partial charge in [0.1, 0.15) is 5.82 Å². The van der Waals surface area contributed by atoms with Crippen molar-refractivity contribution in [2.45, 2.75) is 19.5 Å². The summed E-state index contributed by atoms with van der Waals surface area (Å²) >= 11 is 0. The van der Waals surface area contributed by atoms with Crippen molar-refractivity contribution >= 4 is 23.7 Å². The van der Waals surface area contributed by atoms with Crippen LogP contribution in [0.4, 0.5) is 5.82 Å². The molecule has 3 unspecified atom stereocenters. The molecule has 3 heterocycles. The normalized spacial score (nSPS) is 23.7. The van der Waals surface area contributed by atoms with E-state index in [0.717, 1.165) is 44.2 Å². The summed E-state index contributed by atoms with van der Waals surface area (Å²) in [5.74, 6) is -0.882. The number of hydrogen-bond donors (Lipinski definition) is 1. The fraction of sp³-hybridized carbons (Fsp3) is 0.310. The Bertz CT molecular complexity index is 1230. The zero-order chi connectivity index (χ0) is 24.9. The van der Waals surface area contributed by atoms with Gasteiger partial charge < -0.3 is 10.2 Å². The lowest BCUT2D eigenvalue weighted by Crippen LogP contribution is -2.45. The fourth-order valence-electron chi connectivity index (χ4n) is 5.11. The lowest BCUT2D eigenvalue weighted by molar-refractivity contribution is -0.118. The number of nitrogens with one attached hydrogen (secondary N) is 1. The van der Waals surface area contributed by atoms with Crippen LogP contribution >= 0.6 is 0 Å². The second-order valence-electron chi connectivity index (χ2n) is 9.44. The van der Waals surface area contributed by atoms with E-state index in [1.165, 1.54) is 5.56 Å². The van der Waals surface area contributed by atoms with Crippen molar-refractivity contribution in [3.8, 4) is 0 Å². The molecule has 0 bridgehead atoms. The quantitative estimate of drug-likeness (QED) is 0.483. The number of rotatable bonds is 7. The summed E-state index contributed by atoms with van der Waals surface area (Å²) in [6.45, 7) is 6.91. The number of ketones is 2. The second-order valence-corrected chi connectivity index (χ2v) is 9.44. The smallest absolute Gasteiger partial charge is 0.229 e. The second kappa shape index (κ2) is 10.9. The van der Waals surface area contributed by atoms with E-state index in [0.29, 0.717) is 5.56 Å². The van der Waals surface area contributed by atoms with Gasteiger partial charge in [-0.3, -0.25) is 14.5 Å². The first-order valence-corrected chi connectivity index (χ1v) is 12.5. The molecule has 2 aliphatic heterocycles. The summed E-state index contributed by atoms with van der Waals surface area (Å²) in [7, 11) is 0. The highest BCUT2D eigenvalue weighted by Crippen LogP contribution is 2.32. The summed E-state index contributed by atoms with van der Waals surface area (Å²) < 4.78 is 0. The van der Waals surface area contributed by atoms with E-state index < -0.39 is 17.5 Å². The topological polar surface area (TPSA) is 77.9 Å². The molecule has 1 saturated heterocycles. The van der Waals surface area contributed by atoms with Crippen LogP contribution in [-0.2, 0) is 11.3 Å². The summed E-state index contributed by atoms with van der Waals surface area (Å²) in [6, 6.07) is 12.8. The zero-order valence-electron chi connectivity index (χ0n) is 20.5. The molecule has 3 atom stereocenters. The molecular weight excluding hydrogens is 450 g/mol. The van der Waals surface area contributed by atoms with Crippen LogP contribution in [0.25, 0.3) is 0 Å². The number of Topliss-reactive ketones (excluding diaryl/α,β-unsaturated/α-hetero) is 2. The highest BCUT2D eigenvalue weighted by Gasteiger charge is 2.37. The predicted octanol–water partition coefficient (Wildman–Crippen LogP) is 3.34. The van der Waals surface area contributed by atoms with Gasteiger partial charge in [-0.1, -0.05) is 54.6 Å². The van der Waals surface area contributed by atoms with Crippen LogP contribution in [-0.4, -0.2) is 60.0 Å². The number of allylic oxidation sites excluding steroid dienone is 3. The average molecular weight is 482 g/mol. The van der Waals surface area contributed by atoms with E-state index in [1.54, 1.807) is 36.8 Å². The number of hydrogen-bond acceptors (Lipinski definition) is 7. The Morgan fingerprint density at radius 1 is 1.03 bits per heavy atom. The highest BCUT2D eigenvalue weighted by molar-refractivity contribution is 6.44. The Morgan fingerprint density at radius 3 is 2.61 bits per heavy atom. The van der Waals surface area contributed by atoms with E-state index in [-0.39, 0.29) is 12.0 Å². The molecule has 0 amide bonds.